The number of pyridine rings is 2. The minimum absolute atomic E-state index is 0.125. The van der Waals surface area contributed by atoms with E-state index in [4.69, 9.17) is 11.1 Å². The molecule has 0 bridgehead atoms. The molecule has 3 rings (SSSR count). The molecule has 8 nitrogen and oxygen atoms in total. The molecule has 2 aromatic heterocycles. The zero-order chi connectivity index (χ0) is 23.3. The number of nitrogens with zero attached hydrogens (tertiary/aromatic N) is 3. The molecule has 1 fully saturated rings. The van der Waals surface area contributed by atoms with Crippen molar-refractivity contribution in [3.63, 3.8) is 0 Å². The molecule has 0 spiro atoms. The number of nitrogens with two attached hydrogens (primary N) is 1. The Morgan fingerprint density at radius 2 is 2.09 bits per heavy atom. The van der Waals surface area contributed by atoms with Gasteiger partial charge in [0.25, 0.3) is 5.91 Å². The third kappa shape index (κ3) is 7.10. The lowest BCUT2D eigenvalue weighted by Crippen LogP contribution is -2.38. The lowest BCUT2D eigenvalue weighted by atomic mass is 10.2. The zero-order valence-electron chi connectivity index (χ0n) is 17.6. The fourth-order valence-corrected chi connectivity index (χ4v) is 3.04. The predicted molar refractivity (Wildman–Crippen MR) is 113 cm³/mol. The minimum Gasteiger partial charge on any atom is -0.468 e. The van der Waals surface area contributed by atoms with Crippen LogP contribution < -0.4 is 20.7 Å². The molecule has 0 unspecified atom stereocenters. The van der Waals surface area contributed by atoms with Crippen LogP contribution in [-0.2, 0) is 6.54 Å². The molecule has 0 saturated heterocycles. The Balaban J connectivity index is 1.61. The number of carbonyl (C=O) groups excluding carboxylic acids is 1. The van der Waals surface area contributed by atoms with Crippen molar-refractivity contribution in [2.45, 2.75) is 38.9 Å². The van der Waals surface area contributed by atoms with E-state index < -0.39 is 12.8 Å². The number of guanidine groups is 1. The smallest absolute Gasteiger partial charge is 0.422 e. The van der Waals surface area contributed by atoms with Crippen LogP contribution in [-0.4, -0.2) is 41.2 Å². The van der Waals surface area contributed by atoms with Gasteiger partial charge in [-0.05, 0) is 37.0 Å². The Hall–Kier alpha value is -3.37. The molecule has 1 aliphatic carbocycles. The van der Waals surface area contributed by atoms with Gasteiger partial charge in [-0.1, -0.05) is 18.9 Å². The number of hydrogen-bond acceptors (Lipinski definition) is 5. The van der Waals surface area contributed by atoms with Gasteiger partial charge < -0.3 is 15.8 Å². The van der Waals surface area contributed by atoms with Crippen LogP contribution in [0.15, 0.2) is 30.5 Å². The molecule has 0 radical (unpaired) electrons. The number of ether oxygens (including phenoxy) is 1. The Bertz CT molecular complexity index is 961. The first-order valence-corrected chi connectivity index (χ1v) is 10.1. The van der Waals surface area contributed by atoms with Crippen molar-refractivity contribution < 1.29 is 22.7 Å². The monoisotopic (exact) mass is 450 g/mol. The minimum atomic E-state index is -4.44. The molecule has 2 heterocycles. The summed E-state index contributed by atoms with van der Waals surface area (Å²) in [6.45, 7) is 1.02. The van der Waals surface area contributed by atoms with E-state index in [0.29, 0.717) is 35.1 Å². The number of rotatable bonds is 9. The molecule has 1 amide bonds. The molecule has 0 aromatic carbocycles. The highest BCUT2D eigenvalue weighted by Crippen LogP contribution is 2.32. The first-order chi connectivity index (χ1) is 15.1. The van der Waals surface area contributed by atoms with Crippen molar-refractivity contribution in [1.29, 1.82) is 5.41 Å². The lowest BCUT2D eigenvalue weighted by molar-refractivity contribution is -0.154. The standard InChI is InChI=1S/C21H25F3N6O2/c1-13-8-16(9-17(29-13)30(20(25)26)7-6-14-2-3-14)19(31)28-11-15-4-5-18(27-10-15)32-12-21(22,23)24/h4-5,8-10,14H,2-3,6-7,11-12H2,1H3,(H3,25,26)(H,28,31). The van der Waals surface area contributed by atoms with E-state index in [-0.39, 0.29) is 24.3 Å². The molecular formula is C21H25F3N6O2. The fraction of sp³-hybridized carbons (Fsp3) is 0.429. The van der Waals surface area contributed by atoms with E-state index in [9.17, 15) is 18.0 Å². The van der Waals surface area contributed by atoms with Crippen LogP contribution in [0.5, 0.6) is 5.88 Å². The van der Waals surface area contributed by atoms with Crippen LogP contribution in [0.1, 0.15) is 40.9 Å². The largest absolute Gasteiger partial charge is 0.468 e. The summed E-state index contributed by atoms with van der Waals surface area (Å²) in [5.74, 6) is 0.454. The fourth-order valence-electron chi connectivity index (χ4n) is 3.04. The number of aryl methyl sites for hydroxylation is 1. The second-order valence-electron chi connectivity index (χ2n) is 7.72. The van der Waals surface area contributed by atoms with Crippen LogP contribution in [0, 0.1) is 18.3 Å². The van der Waals surface area contributed by atoms with Gasteiger partial charge in [0.2, 0.25) is 5.88 Å². The van der Waals surface area contributed by atoms with Crippen LogP contribution in [0.25, 0.3) is 0 Å². The molecule has 2 aromatic rings. The van der Waals surface area contributed by atoms with Crippen molar-refractivity contribution in [2.24, 2.45) is 11.7 Å². The van der Waals surface area contributed by atoms with Crippen LogP contribution in [0.3, 0.4) is 0 Å². The Labute approximate surface area is 183 Å². The molecule has 32 heavy (non-hydrogen) atoms. The van der Waals surface area contributed by atoms with Crippen molar-refractivity contribution in [1.82, 2.24) is 15.3 Å². The SMILES string of the molecule is Cc1cc(C(=O)NCc2ccc(OCC(F)(F)F)nc2)cc(N(CCC2CC2)C(=N)N)n1. The number of halogens is 3. The summed E-state index contributed by atoms with van der Waals surface area (Å²) in [6, 6.07) is 6.05. The van der Waals surface area contributed by atoms with Gasteiger partial charge in [0.05, 0.1) is 0 Å². The number of anilines is 1. The van der Waals surface area contributed by atoms with Crippen molar-refractivity contribution >= 4 is 17.7 Å². The second-order valence-corrected chi connectivity index (χ2v) is 7.72. The van der Waals surface area contributed by atoms with E-state index >= 15 is 0 Å². The van der Waals surface area contributed by atoms with Crippen LogP contribution in [0.2, 0.25) is 0 Å². The van der Waals surface area contributed by atoms with Gasteiger partial charge in [0.15, 0.2) is 12.6 Å². The number of alkyl halides is 3. The van der Waals surface area contributed by atoms with Gasteiger partial charge in [-0.2, -0.15) is 13.2 Å². The molecule has 11 heteroatoms. The maximum Gasteiger partial charge on any atom is 0.422 e. The normalized spacial score (nSPS) is 13.5. The number of hydrogen-bond donors (Lipinski definition) is 3. The molecule has 4 N–H and O–H groups in total. The number of aromatic nitrogens is 2. The van der Waals surface area contributed by atoms with Gasteiger partial charge in [-0.3, -0.25) is 15.1 Å². The lowest BCUT2D eigenvalue weighted by Gasteiger charge is -2.22. The predicted octanol–water partition coefficient (Wildman–Crippen LogP) is 3.16. The topological polar surface area (TPSA) is 117 Å². The molecule has 0 aliphatic heterocycles. The summed E-state index contributed by atoms with van der Waals surface area (Å²) in [6.07, 6.45) is 0.179. The maximum atomic E-state index is 12.7. The van der Waals surface area contributed by atoms with Crippen molar-refractivity contribution in [3.8, 4) is 5.88 Å². The molecule has 172 valence electrons. The third-order valence-corrected chi connectivity index (χ3v) is 4.86. The van der Waals surface area contributed by atoms with E-state index in [1.807, 2.05) is 0 Å². The molecular weight excluding hydrogens is 425 g/mol. The zero-order valence-corrected chi connectivity index (χ0v) is 17.6. The summed E-state index contributed by atoms with van der Waals surface area (Å²) < 4.78 is 41.2. The van der Waals surface area contributed by atoms with Gasteiger partial charge in [0, 0.05) is 36.6 Å². The first kappa shape index (κ1) is 23.3. The number of amides is 1. The van der Waals surface area contributed by atoms with E-state index in [1.165, 1.54) is 31.2 Å². The van der Waals surface area contributed by atoms with Gasteiger partial charge in [-0.15, -0.1) is 0 Å². The third-order valence-electron chi connectivity index (χ3n) is 4.86. The molecule has 1 saturated carbocycles. The van der Waals surface area contributed by atoms with Gasteiger partial charge >= 0.3 is 6.18 Å². The van der Waals surface area contributed by atoms with E-state index in [0.717, 1.165) is 6.42 Å². The van der Waals surface area contributed by atoms with Crippen LogP contribution >= 0.6 is 0 Å². The van der Waals surface area contributed by atoms with Crippen LogP contribution in [0.4, 0.5) is 19.0 Å². The second kappa shape index (κ2) is 9.84. The Morgan fingerprint density at radius 1 is 1.34 bits per heavy atom. The summed E-state index contributed by atoms with van der Waals surface area (Å²) >= 11 is 0. The van der Waals surface area contributed by atoms with Gasteiger partial charge in [-0.25, -0.2) is 9.97 Å². The van der Waals surface area contributed by atoms with E-state index in [1.54, 1.807) is 24.0 Å². The number of carbonyl (C=O) groups is 1. The summed E-state index contributed by atoms with van der Waals surface area (Å²) in [5.41, 5.74) is 7.30. The van der Waals surface area contributed by atoms with E-state index in [2.05, 4.69) is 20.0 Å². The van der Waals surface area contributed by atoms with Crippen molar-refractivity contribution in [3.05, 3.63) is 47.3 Å². The quantitative estimate of drug-likeness (QED) is 0.399. The Morgan fingerprint density at radius 3 is 2.69 bits per heavy atom. The molecule has 0 atom stereocenters. The summed E-state index contributed by atoms with van der Waals surface area (Å²) in [5, 5.41) is 10.6. The average Bonchev–Trinajstić information content (AvgIpc) is 3.54. The summed E-state index contributed by atoms with van der Waals surface area (Å²) in [7, 11) is 0. The van der Waals surface area contributed by atoms with Gasteiger partial charge in [0.1, 0.15) is 5.82 Å². The summed E-state index contributed by atoms with van der Waals surface area (Å²) in [4.78, 5) is 22.5. The highest BCUT2D eigenvalue weighted by atomic mass is 19.4. The van der Waals surface area contributed by atoms with Crippen molar-refractivity contribution in [2.75, 3.05) is 18.1 Å². The average molecular weight is 450 g/mol. The number of nitrogens with one attached hydrogen (secondary N) is 2. The Kier molecular flexibility index (Phi) is 7.16. The highest BCUT2D eigenvalue weighted by Gasteiger charge is 2.28. The maximum absolute atomic E-state index is 12.7. The highest BCUT2D eigenvalue weighted by molar-refractivity contribution is 5.97. The molecule has 1 aliphatic rings. The first-order valence-electron chi connectivity index (χ1n) is 10.1.